The van der Waals surface area contributed by atoms with E-state index in [2.05, 4.69) is 6.92 Å². The van der Waals surface area contributed by atoms with Crippen molar-refractivity contribution in [3.63, 3.8) is 0 Å². The van der Waals surface area contributed by atoms with Crippen molar-refractivity contribution in [2.24, 2.45) is 5.73 Å². The zero-order chi connectivity index (χ0) is 12.2. The molecule has 1 saturated heterocycles. The molecule has 94 valence electrons. The molecule has 0 aromatic heterocycles. The Morgan fingerprint density at radius 2 is 2.38 bits per heavy atom. The average Bonchev–Trinajstić information content (AvgIpc) is 2.61. The fraction of sp³-hybridized carbons (Fsp3) is 0.909. The SMILES string of the molecule is CCOC(=O)C(C)(N)CSC1CCOC1C. The van der Waals surface area contributed by atoms with Crippen LogP contribution < -0.4 is 5.73 Å². The fourth-order valence-corrected chi connectivity index (χ4v) is 2.86. The van der Waals surface area contributed by atoms with Gasteiger partial charge in [0.1, 0.15) is 5.54 Å². The van der Waals surface area contributed by atoms with Gasteiger partial charge in [-0.05, 0) is 27.2 Å². The summed E-state index contributed by atoms with van der Waals surface area (Å²) in [6.07, 6.45) is 1.29. The molecule has 1 aliphatic rings. The average molecular weight is 247 g/mol. The zero-order valence-electron chi connectivity index (χ0n) is 10.2. The maximum absolute atomic E-state index is 11.6. The first-order chi connectivity index (χ1) is 7.47. The van der Waals surface area contributed by atoms with Crippen molar-refractivity contribution in [2.45, 2.75) is 44.1 Å². The summed E-state index contributed by atoms with van der Waals surface area (Å²) in [6.45, 7) is 6.74. The van der Waals surface area contributed by atoms with Crippen molar-refractivity contribution in [3.8, 4) is 0 Å². The second-order valence-electron chi connectivity index (χ2n) is 4.35. The Bertz CT molecular complexity index is 245. The third kappa shape index (κ3) is 3.64. The summed E-state index contributed by atoms with van der Waals surface area (Å²) >= 11 is 1.70. The van der Waals surface area contributed by atoms with Crippen LogP contribution in [0.5, 0.6) is 0 Å². The molecule has 0 radical (unpaired) electrons. The molecule has 3 atom stereocenters. The number of hydrogen-bond acceptors (Lipinski definition) is 5. The van der Waals surface area contributed by atoms with E-state index in [1.807, 2.05) is 0 Å². The highest BCUT2D eigenvalue weighted by Crippen LogP contribution is 2.28. The molecule has 1 heterocycles. The zero-order valence-corrected chi connectivity index (χ0v) is 11.0. The van der Waals surface area contributed by atoms with Crippen LogP contribution in [0.3, 0.4) is 0 Å². The predicted octanol–water partition coefficient (Wildman–Crippen LogP) is 1.18. The van der Waals surface area contributed by atoms with Crippen LogP contribution in [0, 0.1) is 0 Å². The van der Waals surface area contributed by atoms with E-state index in [0.717, 1.165) is 13.0 Å². The lowest BCUT2D eigenvalue weighted by Crippen LogP contribution is -2.49. The molecule has 2 N–H and O–H groups in total. The normalized spacial score (nSPS) is 28.8. The highest BCUT2D eigenvalue weighted by Gasteiger charge is 2.33. The lowest BCUT2D eigenvalue weighted by Gasteiger charge is -2.24. The molecule has 1 fully saturated rings. The van der Waals surface area contributed by atoms with Gasteiger partial charge in [-0.15, -0.1) is 0 Å². The maximum atomic E-state index is 11.6. The number of carbonyl (C=O) groups is 1. The van der Waals surface area contributed by atoms with Crippen LogP contribution in [0.4, 0.5) is 0 Å². The van der Waals surface area contributed by atoms with Crippen LogP contribution in [0.2, 0.25) is 0 Å². The van der Waals surface area contributed by atoms with E-state index < -0.39 is 5.54 Å². The molecule has 1 aliphatic heterocycles. The fourth-order valence-electron chi connectivity index (χ4n) is 1.57. The first-order valence-corrected chi connectivity index (χ1v) is 6.71. The van der Waals surface area contributed by atoms with Crippen molar-refractivity contribution >= 4 is 17.7 Å². The van der Waals surface area contributed by atoms with E-state index in [9.17, 15) is 4.79 Å². The largest absolute Gasteiger partial charge is 0.465 e. The van der Waals surface area contributed by atoms with Crippen LogP contribution in [0.15, 0.2) is 0 Å². The minimum absolute atomic E-state index is 0.253. The first-order valence-electron chi connectivity index (χ1n) is 5.66. The van der Waals surface area contributed by atoms with Gasteiger partial charge in [-0.3, -0.25) is 4.79 Å². The lowest BCUT2D eigenvalue weighted by atomic mass is 10.1. The van der Waals surface area contributed by atoms with Gasteiger partial charge in [0, 0.05) is 17.6 Å². The van der Waals surface area contributed by atoms with E-state index in [-0.39, 0.29) is 12.1 Å². The van der Waals surface area contributed by atoms with Crippen molar-refractivity contribution in [2.75, 3.05) is 19.0 Å². The monoisotopic (exact) mass is 247 g/mol. The van der Waals surface area contributed by atoms with Crippen LogP contribution in [-0.2, 0) is 14.3 Å². The van der Waals surface area contributed by atoms with Gasteiger partial charge in [-0.25, -0.2) is 0 Å². The molecule has 1 rings (SSSR count). The predicted molar refractivity (Wildman–Crippen MR) is 65.5 cm³/mol. The molecule has 0 saturated carbocycles. The third-order valence-corrected chi connectivity index (χ3v) is 4.46. The van der Waals surface area contributed by atoms with E-state index >= 15 is 0 Å². The van der Waals surface area contributed by atoms with Crippen molar-refractivity contribution in [1.82, 2.24) is 0 Å². The van der Waals surface area contributed by atoms with Gasteiger partial charge in [0.2, 0.25) is 0 Å². The number of rotatable bonds is 5. The molecule has 0 amide bonds. The molecular formula is C11H21NO3S. The molecular weight excluding hydrogens is 226 g/mol. The summed E-state index contributed by atoms with van der Waals surface area (Å²) in [5.74, 6) is 0.249. The summed E-state index contributed by atoms with van der Waals surface area (Å²) in [4.78, 5) is 11.6. The standard InChI is InChI=1S/C11H21NO3S/c1-4-14-10(13)11(3,12)7-16-9-5-6-15-8(9)2/h8-9H,4-7,12H2,1-3H3. The van der Waals surface area contributed by atoms with Crippen LogP contribution >= 0.6 is 11.8 Å². The summed E-state index contributed by atoms with van der Waals surface area (Å²) in [6, 6.07) is 0. The Kier molecular flexibility index (Phi) is 5.08. The highest BCUT2D eigenvalue weighted by atomic mass is 32.2. The number of ether oxygens (including phenoxy) is 2. The quantitative estimate of drug-likeness (QED) is 0.739. The van der Waals surface area contributed by atoms with Gasteiger partial charge in [0.05, 0.1) is 12.7 Å². The number of carbonyl (C=O) groups excluding carboxylic acids is 1. The number of thioether (sulfide) groups is 1. The molecule has 0 aromatic rings. The van der Waals surface area contributed by atoms with Crippen molar-refractivity contribution < 1.29 is 14.3 Å². The van der Waals surface area contributed by atoms with E-state index in [1.54, 1.807) is 25.6 Å². The highest BCUT2D eigenvalue weighted by molar-refractivity contribution is 8.00. The van der Waals surface area contributed by atoms with E-state index in [1.165, 1.54) is 0 Å². The first kappa shape index (κ1) is 13.8. The number of esters is 1. The summed E-state index contributed by atoms with van der Waals surface area (Å²) in [7, 11) is 0. The molecule has 0 aromatic carbocycles. The minimum Gasteiger partial charge on any atom is -0.465 e. The molecule has 0 spiro atoms. The van der Waals surface area contributed by atoms with Crippen LogP contribution in [0.1, 0.15) is 27.2 Å². The Balaban J connectivity index is 2.37. The Morgan fingerprint density at radius 1 is 1.69 bits per heavy atom. The van der Waals surface area contributed by atoms with Gasteiger partial charge >= 0.3 is 5.97 Å². The smallest absolute Gasteiger partial charge is 0.326 e. The molecule has 3 unspecified atom stereocenters. The summed E-state index contributed by atoms with van der Waals surface area (Å²) in [5.41, 5.74) is 5.03. The lowest BCUT2D eigenvalue weighted by molar-refractivity contribution is -0.148. The Morgan fingerprint density at radius 3 is 2.88 bits per heavy atom. The number of hydrogen-bond donors (Lipinski definition) is 1. The van der Waals surface area contributed by atoms with Gasteiger partial charge in [-0.2, -0.15) is 11.8 Å². The van der Waals surface area contributed by atoms with Gasteiger partial charge in [0.15, 0.2) is 0 Å². The molecule has 0 bridgehead atoms. The van der Waals surface area contributed by atoms with Crippen molar-refractivity contribution in [1.29, 1.82) is 0 Å². The Labute approximate surface area is 101 Å². The third-order valence-electron chi connectivity index (χ3n) is 2.65. The number of nitrogens with two attached hydrogens (primary N) is 1. The second-order valence-corrected chi connectivity index (χ2v) is 5.58. The van der Waals surface area contributed by atoms with Crippen LogP contribution in [0.25, 0.3) is 0 Å². The maximum Gasteiger partial charge on any atom is 0.326 e. The molecule has 0 aliphatic carbocycles. The molecule has 16 heavy (non-hydrogen) atoms. The molecule has 4 nitrogen and oxygen atoms in total. The van der Waals surface area contributed by atoms with Crippen molar-refractivity contribution in [3.05, 3.63) is 0 Å². The van der Waals surface area contributed by atoms with Crippen LogP contribution in [-0.4, -0.2) is 41.8 Å². The van der Waals surface area contributed by atoms with E-state index in [0.29, 0.717) is 17.6 Å². The summed E-state index contributed by atoms with van der Waals surface area (Å²) in [5, 5.41) is 0.442. The van der Waals surface area contributed by atoms with E-state index in [4.69, 9.17) is 15.2 Å². The van der Waals surface area contributed by atoms with Gasteiger partial charge in [-0.1, -0.05) is 0 Å². The minimum atomic E-state index is -0.900. The Hall–Kier alpha value is -0.260. The molecule has 5 heteroatoms. The topological polar surface area (TPSA) is 61.5 Å². The second kappa shape index (κ2) is 5.89. The summed E-state index contributed by atoms with van der Waals surface area (Å²) < 4.78 is 10.4. The van der Waals surface area contributed by atoms with Gasteiger partial charge in [0.25, 0.3) is 0 Å². The van der Waals surface area contributed by atoms with Gasteiger partial charge < -0.3 is 15.2 Å².